The van der Waals surface area contributed by atoms with Crippen molar-refractivity contribution in [2.45, 2.75) is 25.7 Å². The Morgan fingerprint density at radius 1 is 1.06 bits per heavy atom. The van der Waals surface area contributed by atoms with Crippen LogP contribution in [0.4, 0.5) is 13.2 Å². The smallest absolute Gasteiger partial charge is 0.490 e. The summed E-state index contributed by atoms with van der Waals surface area (Å²) in [5.41, 5.74) is 10.1. The zero-order valence-corrected chi connectivity index (χ0v) is 17.2. The molecule has 0 saturated carbocycles. The number of aromatic nitrogens is 3. The molecule has 0 fully saturated rings. The first-order chi connectivity index (χ1) is 15.3. The van der Waals surface area contributed by atoms with Gasteiger partial charge >= 0.3 is 6.36 Å². The number of aryl methyl sites for hydroxylation is 1. The normalized spacial score (nSPS) is 12.7. The molecule has 0 aliphatic carbocycles. The molecule has 0 amide bonds. The number of pyridine rings is 1. The molecule has 0 unspecified atom stereocenters. The van der Waals surface area contributed by atoms with Crippen LogP contribution in [0.2, 0.25) is 0 Å². The number of H-pyrrole nitrogens is 1. The van der Waals surface area contributed by atoms with E-state index >= 15 is 0 Å². The van der Waals surface area contributed by atoms with E-state index in [0.717, 1.165) is 27.7 Å². The van der Waals surface area contributed by atoms with Crippen LogP contribution in [0.5, 0.6) is 11.5 Å². The van der Waals surface area contributed by atoms with Crippen molar-refractivity contribution in [2.75, 3.05) is 6.61 Å². The zero-order chi connectivity index (χ0) is 22.7. The number of nitrogens with zero attached hydrogens (tertiary/aromatic N) is 2. The highest BCUT2D eigenvalue weighted by atomic mass is 19.4. The van der Waals surface area contributed by atoms with Crippen molar-refractivity contribution in [3.63, 3.8) is 0 Å². The van der Waals surface area contributed by atoms with Gasteiger partial charge in [0.25, 0.3) is 0 Å². The first-order valence-electron chi connectivity index (χ1n) is 9.91. The summed E-state index contributed by atoms with van der Waals surface area (Å²) in [6.45, 7) is 2.06. The fourth-order valence-corrected chi connectivity index (χ4v) is 3.41. The Morgan fingerprint density at radius 2 is 1.88 bits per heavy atom. The highest BCUT2D eigenvalue weighted by molar-refractivity contribution is 5.86. The third-order valence-corrected chi connectivity index (χ3v) is 4.94. The fourth-order valence-electron chi connectivity index (χ4n) is 3.41. The molecule has 9 heteroatoms. The molecule has 2 aromatic heterocycles. The second-order valence-corrected chi connectivity index (χ2v) is 7.42. The molecule has 6 nitrogen and oxygen atoms in total. The van der Waals surface area contributed by atoms with Gasteiger partial charge in [-0.2, -0.15) is 5.10 Å². The number of aromatic amines is 1. The van der Waals surface area contributed by atoms with Gasteiger partial charge in [-0.25, -0.2) is 0 Å². The van der Waals surface area contributed by atoms with Crippen LogP contribution in [0, 0.1) is 6.92 Å². The number of para-hydroxylation sites is 1. The maximum Gasteiger partial charge on any atom is 0.573 e. The SMILES string of the molecule is Cc1[nH]nc2ccc(-c3cncc(OC[C@@H](N)Cc4ccccc4OC(F)(F)F)c3)cc12. The predicted molar refractivity (Wildman–Crippen MR) is 114 cm³/mol. The predicted octanol–water partition coefficient (Wildman–Crippen LogP) is 4.78. The number of benzene rings is 2. The first kappa shape index (κ1) is 21.6. The summed E-state index contributed by atoms with van der Waals surface area (Å²) in [5.74, 6) is 0.255. The molecule has 0 spiro atoms. The minimum atomic E-state index is -4.76. The molecule has 166 valence electrons. The summed E-state index contributed by atoms with van der Waals surface area (Å²) in [6, 6.07) is 13.1. The number of alkyl halides is 3. The number of hydrogen-bond donors (Lipinski definition) is 2. The van der Waals surface area contributed by atoms with Crippen LogP contribution in [0.3, 0.4) is 0 Å². The first-order valence-corrected chi connectivity index (χ1v) is 9.91. The topological polar surface area (TPSA) is 86.0 Å². The summed E-state index contributed by atoms with van der Waals surface area (Å²) >= 11 is 0. The number of nitrogens with one attached hydrogen (secondary N) is 1. The van der Waals surface area contributed by atoms with E-state index in [-0.39, 0.29) is 18.8 Å². The van der Waals surface area contributed by atoms with E-state index in [1.54, 1.807) is 24.5 Å². The van der Waals surface area contributed by atoms with Gasteiger partial charge in [0.15, 0.2) is 0 Å². The van der Waals surface area contributed by atoms with E-state index in [9.17, 15) is 13.2 Å². The molecule has 1 atom stereocenters. The molecule has 4 rings (SSSR count). The fraction of sp³-hybridized carbons (Fsp3) is 0.217. The molecule has 0 bridgehead atoms. The van der Waals surface area contributed by atoms with Crippen molar-refractivity contribution in [3.05, 3.63) is 72.2 Å². The number of nitrogens with two attached hydrogens (primary N) is 1. The van der Waals surface area contributed by atoms with Crippen LogP contribution in [0.1, 0.15) is 11.3 Å². The largest absolute Gasteiger partial charge is 0.573 e. The molecule has 4 aromatic rings. The van der Waals surface area contributed by atoms with Crippen molar-refractivity contribution in [1.82, 2.24) is 15.2 Å². The Balaban J connectivity index is 1.43. The van der Waals surface area contributed by atoms with Crippen molar-refractivity contribution in [1.29, 1.82) is 0 Å². The van der Waals surface area contributed by atoms with Gasteiger partial charge in [0.1, 0.15) is 18.1 Å². The standard InChI is InChI=1S/C23H21F3N4O2/c1-14-20-10-15(6-7-21(20)30-29-14)17-9-19(12-28-11-17)31-13-18(27)8-16-4-2-3-5-22(16)32-23(24,25)26/h2-7,9-12,18H,8,13,27H2,1H3,(H,29,30)/t18-/m0/s1. The van der Waals surface area contributed by atoms with Gasteiger partial charge in [0.2, 0.25) is 0 Å². The van der Waals surface area contributed by atoms with Crippen LogP contribution >= 0.6 is 0 Å². The van der Waals surface area contributed by atoms with E-state index in [4.69, 9.17) is 10.5 Å². The van der Waals surface area contributed by atoms with E-state index in [1.165, 1.54) is 12.1 Å². The second kappa shape index (κ2) is 8.88. The number of hydrogen-bond acceptors (Lipinski definition) is 5. The van der Waals surface area contributed by atoms with Crippen LogP contribution in [0.15, 0.2) is 60.9 Å². The van der Waals surface area contributed by atoms with Crippen LogP contribution in [-0.2, 0) is 6.42 Å². The third-order valence-electron chi connectivity index (χ3n) is 4.94. The van der Waals surface area contributed by atoms with Gasteiger partial charge in [0.05, 0.1) is 11.7 Å². The Hall–Kier alpha value is -3.59. The van der Waals surface area contributed by atoms with E-state index < -0.39 is 12.4 Å². The van der Waals surface area contributed by atoms with Crippen molar-refractivity contribution < 1.29 is 22.6 Å². The van der Waals surface area contributed by atoms with Crippen LogP contribution in [0.25, 0.3) is 22.0 Å². The van der Waals surface area contributed by atoms with Crippen LogP contribution in [-0.4, -0.2) is 34.2 Å². The molecule has 3 N–H and O–H groups in total. The highest BCUT2D eigenvalue weighted by Gasteiger charge is 2.32. The lowest BCUT2D eigenvalue weighted by atomic mass is 10.0. The lowest BCUT2D eigenvalue weighted by Crippen LogP contribution is -2.30. The molecular weight excluding hydrogens is 421 g/mol. The van der Waals surface area contributed by atoms with Crippen molar-refractivity contribution in [2.24, 2.45) is 5.73 Å². The Labute approximate surface area is 182 Å². The maximum atomic E-state index is 12.6. The highest BCUT2D eigenvalue weighted by Crippen LogP contribution is 2.28. The Morgan fingerprint density at radius 3 is 2.69 bits per heavy atom. The average Bonchev–Trinajstić information content (AvgIpc) is 3.13. The lowest BCUT2D eigenvalue weighted by molar-refractivity contribution is -0.274. The second-order valence-electron chi connectivity index (χ2n) is 7.42. The summed E-state index contributed by atoms with van der Waals surface area (Å²) in [5, 5.41) is 8.21. The summed E-state index contributed by atoms with van der Waals surface area (Å²) in [6.07, 6.45) is -1.30. The van der Waals surface area contributed by atoms with Crippen molar-refractivity contribution in [3.8, 4) is 22.6 Å². The Bertz CT molecular complexity index is 1220. The summed E-state index contributed by atoms with van der Waals surface area (Å²) in [7, 11) is 0. The van der Waals surface area contributed by atoms with E-state index in [2.05, 4.69) is 19.9 Å². The molecule has 2 aromatic carbocycles. The zero-order valence-electron chi connectivity index (χ0n) is 17.2. The quantitative estimate of drug-likeness (QED) is 0.430. The molecular formula is C23H21F3N4O2. The van der Waals surface area contributed by atoms with Gasteiger partial charge < -0.3 is 15.2 Å². The van der Waals surface area contributed by atoms with Gasteiger partial charge in [0, 0.05) is 28.9 Å². The van der Waals surface area contributed by atoms with Crippen LogP contribution < -0.4 is 15.2 Å². The third kappa shape index (κ3) is 5.17. The van der Waals surface area contributed by atoms with Gasteiger partial charge in [-0.3, -0.25) is 10.1 Å². The van der Waals surface area contributed by atoms with E-state index in [0.29, 0.717) is 11.3 Å². The molecule has 2 heterocycles. The van der Waals surface area contributed by atoms with Gasteiger partial charge in [-0.05, 0) is 48.7 Å². The monoisotopic (exact) mass is 442 g/mol. The minimum absolute atomic E-state index is 0.103. The molecule has 0 aliphatic heterocycles. The Kier molecular flexibility index (Phi) is 6.00. The molecule has 0 radical (unpaired) electrons. The van der Waals surface area contributed by atoms with Gasteiger partial charge in [-0.1, -0.05) is 24.3 Å². The maximum absolute atomic E-state index is 12.6. The number of fused-ring (bicyclic) bond motifs is 1. The molecule has 32 heavy (non-hydrogen) atoms. The molecule has 0 aliphatic rings. The number of rotatable bonds is 7. The average molecular weight is 442 g/mol. The summed E-state index contributed by atoms with van der Waals surface area (Å²) < 4.78 is 47.7. The van der Waals surface area contributed by atoms with Crippen molar-refractivity contribution >= 4 is 10.9 Å². The number of ether oxygens (including phenoxy) is 2. The van der Waals surface area contributed by atoms with Gasteiger partial charge in [-0.15, -0.1) is 13.2 Å². The lowest BCUT2D eigenvalue weighted by Gasteiger charge is -2.17. The van der Waals surface area contributed by atoms with E-state index in [1.807, 2.05) is 31.2 Å². The summed E-state index contributed by atoms with van der Waals surface area (Å²) in [4.78, 5) is 4.23. The molecule has 0 saturated heterocycles. The minimum Gasteiger partial charge on any atom is -0.490 e. The number of halogens is 3.